The Morgan fingerprint density at radius 1 is 1.12 bits per heavy atom. The van der Waals surface area contributed by atoms with Crippen molar-refractivity contribution in [1.29, 1.82) is 0 Å². The summed E-state index contributed by atoms with van der Waals surface area (Å²) in [5, 5.41) is 8.01. The largest absolute Gasteiger partial charge is 0.365 e. The van der Waals surface area contributed by atoms with Gasteiger partial charge in [0.1, 0.15) is 5.82 Å². The predicted octanol–water partition coefficient (Wildman–Crippen LogP) is 4.13. The average molecular weight is 323 g/mol. The van der Waals surface area contributed by atoms with E-state index in [2.05, 4.69) is 70.8 Å². The van der Waals surface area contributed by atoms with Gasteiger partial charge < -0.3 is 15.6 Å². The molecule has 0 saturated carbocycles. The van der Waals surface area contributed by atoms with Crippen LogP contribution in [0, 0.1) is 6.92 Å². The minimum atomic E-state index is -0.0257. The van der Waals surface area contributed by atoms with Gasteiger partial charge in [-0.1, -0.05) is 18.2 Å². The van der Waals surface area contributed by atoms with E-state index in [1.54, 1.807) is 0 Å². The number of nitrogens with one attached hydrogen (secondary N) is 3. The number of anilines is 2. The van der Waals surface area contributed by atoms with Gasteiger partial charge >= 0.3 is 0 Å². The van der Waals surface area contributed by atoms with Crippen LogP contribution in [0.5, 0.6) is 0 Å². The van der Waals surface area contributed by atoms with Gasteiger partial charge in [0.15, 0.2) is 0 Å². The summed E-state index contributed by atoms with van der Waals surface area (Å²) in [6, 6.07) is 10.3. The van der Waals surface area contributed by atoms with Crippen LogP contribution < -0.4 is 10.6 Å². The molecule has 0 radical (unpaired) electrons. The molecule has 5 heteroatoms. The molecule has 0 fully saturated rings. The average Bonchev–Trinajstić information content (AvgIpc) is 2.88. The Balaban J connectivity index is 1.66. The first kappa shape index (κ1) is 16.3. The van der Waals surface area contributed by atoms with Gasteiger partial charge in [-0.25, -0.2) is 4.98 Å². The summed E-state index contributed by atoms with van der Waals surface area (Å²) in [4.78, 5) is 12.3. The SMILES string of the molecule is Cc1cc(NC(C)(C)C)nc(NCCc2c[nH]c3ccccc23)n1. The molecule has 1 aromatic carbocycles. The van der Waals surface area contributed by atoms with E-state index in [-0.39, 0.29) is 5.54 Å². The zero-order valence-corrected chi connectivity index (χ0v) is 14.8. The highest BCUT2D eigenvalue weighted by molar-refractivity contribution is 5.83. The van der Waals surface area contributed by atoms with Crippen LogP contribution in [-0.2, 0) is 6.42 Å². The quantitative estimate of drug-likeness (QED) is 0.660. The molecular weight excluding hydrogens is 298 g/mol. The highest BCUT2D eigenvalue weighted by atomic mass is 15.2. The van der Waals surface area contributed by atoms with Crippen molar-refractivity contribution >= 4 is 22.7 Å². The number of aromatic amines is 1. The maximum absolute atomic E-state index is 4.56. The van der Waals surface area contributed by atoms with Gasteiger partial charge in [-0.15, -0.1) is 0 Å². The van der Waals surface area contributed by atoms with E-state index < -0.39 is 0 Å². The Morgan fingerprint density at radius 2 is 1.92 bits per heavy atom. The van der Waals surface area contributed by atoms with E-state index in [4.69, 9.17) is 0 Å². The molecule has 0 bridgehead atoms. The maximum atomic E-state index is 4.56. The van der Waals surface area contributed by atoms with Crippen molar-refractivity contribution in [2.45, 2.75) is 39.7 Å². The molecule has 5 nitrogen and oxygen atoms in total. The van der Waals surface area contributed by atoms with E-state index in [1.165, 1.54) is 16.5 Å². The maximum Gasteiger partial charge on any atom is 0.224 e. The van der Waals surface area contributed by atoms with Crippen molar-refractivity contribution in [3.05, 3.63) is 47.8 Å². The van der Waals surface area contributed by atoms with E-state index in [1.807, 2.05) is 19.1 Å². The standard InChI is InChI=1S/C19H25N5/c1-13-11-17(24-19(2,3)4)23-18(22-13)20-10-9-14-12-21-16-8-6-5-7-15(14)16/h5-8,11-12,21H,9-10H2,1-4H3,(H2,20,22,23,24). The van der Waals surface area contributed by atoms with E-state index >= 15 is 0 Å². The predicted molar refractivity (Wildman–Crippen MR) is 101 cm³/mol. The number of nitrogens with zero attached hydrogens (tertiary/aromatic N) is 2. The van der Waals surface area contributed by atoms with Crippen molar-refractivity contribution < 1.29 is 0 Å². The number of fused-ring (bicyclic) bond motifs is 1. The fourth-order valence-electron chi connectivity index (χ4n) is 2.74. The lowest BCUT2D eigenvalue weighted by Crippen LogP contribution is -2.27. The molecule has 3 aromatic rings. The molecule has 0 spiro atoms. The summed E-state index contributed by atoms with van der Waals surface area (Å²) < 4.78 is 0. The third-order valence-corrected chi connectivity index (χ3v) is 3.71. The number of hydrogen-bond acceptors (Lipinski definition) is 4. The Bertz CT molecular complexity index is 829. The summed E-state index contributed by atoms with van der Waals surface area (Å²) in [6.07, 6.45) is 3.00. The van der Waals surface area contributed by atoms with Crippen LogP contribution in [0.1, 0.15) is 32.0 Å². The molecule has 0 unspecified atom stereocenters. The summed E-state index contributed by atoms with van der Waals surface area (Å²) in [7, 11) is 0. The minimum Gasteiger partial charge on any atom is -0.365 e. The third-order valence-electron chi connectivity index (χ3n) is 3.71. The highest BCUT2D eigenvalue weighted by Crippen LogP contribution is 2.18. The fourth-order valence-corrected chi connectivity index (χ4v) is 2.74. The van der Waals surface area contributed by atoms with Crippen molar-refractivity contribution in [1.82, 2.24) is 15.0 Å². The number of rotatable bonds is 5. The summed E-state index contributed by atoms with van der Waals surface area (Å²) in [5.74, 6) is 1.52. The zero-order valence-electron chi connectivity index (χ0n) is 14.8. The van der Waals surface area contributed by atoms with Gasteiger partial charge in [-0.3, -0.25) is 0 Å². The minimum absolute atomic E-state index is 0.0257. The number of aromatic nitrogens is 3. The second-order valence-corrected chi connectivity index (χ2v) is 7.13. The van der Waals surface area contributed by atoms with Gasteiger partial charge in [-0.05, 0) is 45.7 Å². The second kappa shape index (κ2) is 6.51. The summed E-state index contributed by atoms with van der Waals surface area (Å²) in [5.41, 5.74) is 3.41. The van der Waals surface area contributed by atoms with E-state index in [0.717, 1.165) is 24.5 Å². The van der Waals surface area contributed by atoms with Crippen molar-refractivity contribution in [2.75, 3.05) is 17.2 Å². The van der Waals surface area contributed by atoms with Crippen LogP contribution in [0.4, 0.5) is 11.8 Å². The van der Waals surface area contributed by atoms with E-state index in [0.29, 0.717) is 5.95 Å². The molecule has 0 saturated heterocycles. The molecule has 0 amide bonds. The summed E-state index contributed by atoms with van der Waals surface area (Å²) in [6.45, 7) is 9.14. The highest BCUT2D eigenvalue weighted by Gasteiger charge is 2.11. The lowest BCUT2D eigenvalue weighted by atomic mass is 10.1. The lowest BCUT2D eigenvalue weighted by molar-refractivity contribution is 0.630. The topological polar surface area (TPSA) is 65.6 Å². The normalized spacial score (nSPS) is 11.7. The molecular formula is C19H25N5. The first-order chi connectivity index (χ1) is 11.4. The molecule has 0 aliphatic heterocycles. The van der Waals surface area contributed by atoms with Crippen molar-refractivity contribution in [2.24, 2.45) is 0 Å². The van der Waals surface area contributed by atoms with Crippen molar-refractivity contribution in [3.8, 4) is 0 Å². The number of aryl methyl sites for hydroxylation is 1. The first-order valence-electron chi connectivity index (χ1n) is 8.33. The molecule has 126 valence electrons. The second-order valence-electron chi connectivity index (χ2n) is 7.13. The van der Waals surface area contributed by atoms with Gasteiger partial charge in [0, 0.05) is 40.9 Å². The number of para-hydroxylation sites is 1. The summed E-state index contributed by atoms with van der Waals surface area (Å²) >= 11 is 0. The lowest BCUT2D eigenvalue weighted by Gasteiger charge is -2.21. The molecule has 0 aliphatic carbocycles. The Morgan fingerprint density at radius 3 is 2.71 bits per heavy atom. The fraction of sp³-hybridized carbons (Fsp3) is 0.368. The molecule has 0 atom stereocenters. The number of H-pyrrole nitrogens is 1. The monoisotopic (exact) mass is 323 g/mol. The third kappa shape index (κ3) is 4.04. The first-order valence-corrected chi connectivity index (χ1v) is 8.33. The van der Waals surface area contributed by atoms with Crippen LogP contribution in [-0.4, -0.2) is 27.0 Å². The van der Waals surface area contributed by atoms with Gasteiger partial charge in [-0.2, -0.15) is 4.98 Å². The Labute approximate surface area is 142 Å². The Hall–Kier alpha value is -2.56. The molecule has 24 heavy (non-hydrogen) atoms. The molecule has 3 N–H and O–H groups in total. The van der Waals surface area contributed by atoms with Crippen LogP contribution in [0.3, 0.4) is 0 Å². The van der Waals surface area contributed by atoms with Crippen LogP contribution in [0.25, 0.3) is 10.9 Å². The van der Waals surface area contributed by atoms with Gasteiger partial charge in [0.25, 0.3) is 0 Å². The molecule has 3 rings (SSSR count). The van der Waals surface area contributed by atoms with Crippen LogP contribution in [0.15, 0.2) is 36.5 Å². The number of benzene rings is 1. The zero-order chi connectivity index (χ0) is 17.2. The van der Waals surface area contributed by atoms with E-state index in [9.17, 15) is 0 Å². The van der Waals surface area contributed by atoms with Gasteiger partial charge in [0.2, 0.25) is 5.95 Å². The van der Waals surface area contributed by atoms with Crippen LogP contribution >= 0.6 is 0 Å². The smallest absolute Gasteiger partial charge is 0.224 e. The molecule has 0 aliphatic rings. The molecule has 2 aromatic heterocycles. The number of hydrogen-bond donors (Lipinski definition) is 3. The van der Waals surface area contributed by atoms with Crippen molar-refractivity contribution in [3.63, 3.8) is 0 Å². The molecule has 2 heterocycles. The van der Waals surface area contributed by atoms with Crippen LogP contribution in [0.2, 0.25) is 0 Å². The van der Waals surface area contributed by atoms with Gasteiger partial charge in [0.05, 0.1) is 0 Å². The Kier molecular flexibility index (Phi) is 4.42.